The molecule has 2 heteroatoms. The number of ether oxygens (including phenoxy) is 1. The largest absolute Gasteiger partial charge is 0.457 e. The number of rotatable bonds is 2. The lowest BCUT2D eigenvalue weighted by Gasteiger charge is -2.33. The van der Waals surface area contributed by atoms with Crippen LogP contribution in [0.25, 0.3) is 0 Å². The Bertz CT molecular complexity index is 604. The van der Waals surface area contributed by atoms with E-state index in [4.69, 9.17) is 4.74 Å². The number of hydrogen-bond acceptors (Lipinski definition) is 2. The number of fused-ring (bicyclic) bond motifs is 1. The van der Waals surface area contributed by atoms with Gasteiger partial charge in [-0.1, -0.05) is 54.6 Å². The monoisotopic (exact) mass is 266 g/mol. The fourth-order valence-electron chi connectivity index (χ4n) is 3.08. The zero-order chi connectivity index (χ0) is 13.9. The smallest absolute Gasteiger partial charge is 0.303 e. The molecule has 0 amide bonds. The number of esters is 1. The lowest BCUT2D eigenvalue weighted by Crippen LogP contribution is -2.23. The van der Waals surface area contributed by atoms with Crippen LogP contribution in [-0.4, -0.2) is 5.97 Å². The van der Waals surface area contributed by atoms with Crippen LogP contribution in [0.1, 0.15) is 42.1 Å². The molecule has 0 saturated carbocycles. The van der Waals surface area contributed by atoms with E-state index < -0.39 is 0 Å². The van der Waals surface area contributed by atoms with Crippen LogP contribution < -0.4 is 0 Å². The van der Waals surface area contributed by atoms with Crippen molar-refractivity contribution in [1.29, 1.82) is 0 Å². The molecule has 0 aromatic heterocycles. The summed E-state index contributed by atoms with van der Waals surface area (Å²) in [4.78, 5) is 11.5. The fraction of sp³-hybridized carbons (Fsp3) is 0.278. The van der Waals surface area contributed by atoms with Crippen LogP contribution in [0.4, 0.5) is 0 Å². The van der Waals surface area contributed by atoms with Gasteiger partial charge in [-0.3, -0.25) is 4.79 Å². The quantitative estimate of drug-likeness (QED) is 0.767. The molecule has 2 atom stereocenters. The maximum Gasteiger partial charge on any atom is 0.303 e. The molecule has 3 rings (SSSR count). The molecule has 1 aliphatic rings. The molecular weight excluding hydrogens is 248 g/mol. The summed E-state index contributed by atoms with van der Waals surface area (Å²) in [6.45, 7) is 1.49. The first-order chi connectivity index (χ1) is 9.75. The molecule has 2 aromatic carbocycles. The Morgan fingerprint density at radius 3 is 2.50 bits per heavy atom. The fourth-order valence-corrected chi connectivity index (χ4v) is 3.08. The first kappa shape index (κ1) is 12.9. The Morgan fingerprint density at radius 2 is 1.75 bits per heavy atom. The van der Waals surface area contributed by atoms with E-state index in [0.29, 0.717) is 0 Å². The minimum absolute atomic E-state index is 0.167. The summed E-state index contributed by atoms with van der Waals surface area (Å²) in [6, 6.07) is 18.6. The highest BCUT2D eigenvalue weighted by atomic mass is 16.5. The van der Waals surface area contributed by atoms with Gasteiger partial charge in [0.2, 0.25) is 0 Å². The topological polar surface area (TPSA) is 26.3 Å². The Labute approximate surface area is 119 Å². The molecule has 2 aromatic rings. The highest BCUT2D eigenvalue weighted by Gasteiger charge is 2.32. The normalized spacial score (nSPS) is 21.1. The number of aryl methyl sites for hydroxylation is 1. The standard InChI is InChI=1S/C18H18O2/c1-13(19)20-18-16-10-6-5-9-15(16)11-12-17(18)14-7-3-2-4-8-14/h2-10,17-18H,11-12H2,1H3/t17-,18+/m0/s1. The first-order valence-corrected chi connectivity index (χ1v) is 7.05. The van der Waals surface area contributed by atoms with Gasteiger partial charge < -0.3 is 4.74 Å². The lowest BCUT2D eigenvalue weighted by molar-refractivity contribution is -0.148. The molecular formula is C18H18O2. The zero-order valence-electron chi connectivity index (χ0n) is 11.6. The first-order valence-electron chi connectivity index (χ1n) is 7.05. The summed E-state index contributed by atoms with van der Waals surface area (Å²) in [5.41, 5.74) is 3.70. The van der Waals surface area contributed by atoms with Crippen LogP contribution >= 0.6 is 0 Å². The summed E-state index contributed by atoms with van der Waals surface area (Å²) < 4.78 is 5.65. The van der Waals surface area contributed by atoms with Crippen molar-refractivity contribution in [3.63, 3.8) is 0 Å². The summed E-state index contributed by atoms with van der Waals surface area (Å²) >= 11 is 0. The van der Waals surface area contributed by atoms with Crippen LogP contribution in [0.3, 0.4) is 0 Å². The zero-order valence-corrected chi connectivity index (χ0v) is 11.6. The molecule has 0 heterocycles. The average molecular weight is 266 g/mol. The number of carbonyl (C=O) groups excluding carboxylic acids is 1. The Morgan fingerprint density at radius 1 is 1.05 bits per heavy atom. The predicted octanol–water partition coefficient (Wildman–Crippen LogP) is 4.02. The molecule has 20 heavy (non-hydrogen) atoms. The van der Waals surface area contributed by atoms with Gasteiger partial charge in [0, 0.05) is 12.8 Å². The predicted molar refractivity (Wildman–Crippen MR) is 78.5 cm³/mol. The average Bonchev–Trinajstić information content (AvgIpc) is 2.48. The third-order valence-corrected chi connectivity index (χ3v) is 3.97. The Balaban J connectivity index is 2.01. The lowest BCUT2D eigenvalue weighted by atomic mass is 9.78. The van der Waals surface area contributed by atoms with E-state index in [2.05, 4.69) is 24.3 Å². The van der Waals surface area contributed by atoms with Crippen molar-refractivity contribution in [2.45, 2.75) is 31.8 Å². The van der Waals surface area contributed by atoms with Crippen molar-refractivity contribution in [2.75, 3.05) is 0 Å². The van der Waals surface area contributed by atoms with Crippen LogP contribution in [0.2, 0.25) is 0 Å². The van der Waals surface area contributed by atoms with E-state index in [9.17, 15) is 4.79 Å². The summed E-state index contributed by atoms with van der Waals surface area (Å²) in [6.07, 6.45) is 1.88. The molecule has 0 unspecified atom stereocenters. The van der Waals surface area contributed by atoms with Crippen LogP contribution in [0, 0.1) is 0 Å². The van der Waals surface area contributed by atoms with E-state index in [-0.39, 0.29) is 18.0 Å². The van der Waals surface area contributed by atoms with Crippen LogP contribution in [-0.2, 0) is 16.0 Å². The van der Waals surface area contributed by atoms with Crippen molar-refractivity contribution in [2.24, 2.45) is 0 Å². The summed E-state index contributed by atoms with van der Waals surface area (Å²) in [7, 11) is 0. The van der Waals surface area contributed by atoms with Gasteiger partial charge >= 0.3 is 5.97 Å². The van der Waals surface area contributed by atoms with Gasteiger partial charge in [-0.15, -0.1) is 0 Å². The van der Waals surface area contributed by atoms with Crippen molar-refractivity contribution in [3.05, 3.63) is 71.3 Å². The van der Waals surface area contributed by atoms with Crippen molar-refractivity contribution < 1.29 is 9.53 Å². The van der Waals surface area contributed by atoms with Crippen LogP contribution in [0.5, 0.6) is 0 Å². The summed E-state index contributed by atoms with van der Waals surface area (Å²) in [5.74, 6) is 0.0302. The Kier molecular flexibility index (Phi) is 3.55. The molecule has 0 N–H and O–H groups in total. The van der Waals surface area contributed by atoms with Gasteiger partial charge in [-0.2, -0.15) is 0 Å². The highest BCUT2D eigenvalue weighted by molar-refractivity contribution is 5.66. The molecule has 1 aliphatic carbocycles. The summed E-state index contributed by atoms with van der Waals surface area (Å²) in [5, 5.41) is 0. The molecule has 102 valence electrons. The second kappa shape index (κ2) is 5.49. The molecule has 0 bridgehead atoms. The van der Waals surface area contributed by atoms with Crippen molar-refractivity contribution in [1.82, 2.24) is 0 Å². The SMILES string of the molecule is CC(=O)O[C@@H]1c2ccccc2CC[C@H]1c1ccccc1. The minimum Gasteiger partial charge on any atom is -0.457 e. The maximum atomic E-state index is 11.5. The van der Waals surface area contributed by atoms with Gasteiger partial charge in [0.1, 0.15) is 6.10 Å². The van der Waals surface area contributed by atoms with Crippen molar-refractivity contribution >= 4 is 5.97 Å². The van der Waals surface area contributed by atoms with Gasteiger partial charge in [0.15, 0.2) is 0 Å². The second-order valence-electron chi connectivity index (χ2n) is 5.28. The number of hydrogen-bond donors (Lipinski definition) is 0. The van der Waals surface area contributed by atoms with E-state index in [1.165, 1.54) is 18.1 Å². The van der Waals surface area contributed by atoms with Gasteiger partial charge in [-0.25, -0.2) is 0 Å². The molecule has 0 saturated heterocycles. The molecule has 2 nitrogen and oxygen atoms in total. The van der Waals surface area contributed by atoms with Crippen molar-refractivity contribution in [3.8, 4) is 0 Å². The third-order valence-electron chi connectivity index (χ3n) is 3.97. The number of carbonyl (C=O) groups is 1. The third kappa shape index (κ3) is 2.46. The van der Waals surface area contributed by atoms with Crippen LogP contribution in [0.15, 0.2) is 54.6 Å². The number of benzene rings is 2. The highest BCUT2D eigenvalue weighted by Crippen LogP contribution is 2.43. The maximum absolute atomic E-state index is 11.5. The van der Waals surface area contributed by atoms with E-state index >= 15 is 0 Å². The van der Waals surface area contributed by atoms with Gasteiger partial charge in [-0.05, 0) is 29.5 Å². The van der Waals surface area contributed by atoms with Gasteiger partial charge in [0.25, 0.3) is 0 Å². The Hall–Kier alpha value is -2.09. The molecule has 0 fully saturated rings. The minimum atomic E-state index is -0.215. The van der Waals surface area contributed by atoms with Gasteiger partial charge in [0.05, 0.1) is 0 Å². The molecule has 0 spiro atoms. The van der Waals surface area contributed by atoms with E-state index in [0.717, 1.165) is 18.4 Å². The van der Waals surface area contributed by atoms with E-state index in [1.807, 2.05) is 30.3 Å². The molecule has 0 radical (unpaired) electrons. The van der Waals surface area contributed by atoms with E-state index in [1.54, 1.807) is 0 Å². The molecule has 0 aliphatic heterocycles. The second-order valence-corrected chi connectivity index (χ2v) is 5.28.